The summed E-state index contributed by atoms with van der Waals surface area (Å²) in [5.74, 6) is -3.42. The van der Waals surface area contributed by atoms with Crippen LogP contribution in [0.5, 0.6) is 0 Å². The Balaban J connectivity index is 1.80. The van der Waals surface area contributed by atoms with Crippen molar-refractivity contribution in [3.8, 4) is 0 Å². The van der Waals surface area contributed by atoms with Gasteiger partial charge in [-0.25, -0.2) is 14.6 Å². The number of fused-ring (bicyclic) bond motifs is 1. The number of anilines is 1. The van der Waals surface area contributed by atoms with Gasteiger partial charge in [-0.15, -0.1) is 23.1 Å². The number of thioether (sulfide) groups is 1. The maximum Gasteiger partial charge on any atom is 0.409 e. The number of β-lactam (4-membered cyclic amide) rings is 1. The largest absolute Gasteiger partial charge is 0.445 e. The lowest BCUT2D eigenvalue weighted by atomic mass is 10.0. The summed E-state index contributed by atoms with van der Waals surface area (Å²) in [6.07, 6.45) is -1.93. The van der Waals surface area contributed by atoms with Crippen molar-refractivity contribution in [2.24, 2.45) is 11.1 Å². The predicted octanol–water partition coefficient (Wildman–Crippen LogP) is 0.344. The molecule has 3 amide bonds. The number of nitrogens with zero attached hydrogens (tertiary/aromatic N) is 4. The quantitative estimate of drug-likeness (QED) is 0.0898. The van der Waals surface area contributed by atoms with Gasteiger partial charge in [0.25, 0.3) is 11.8 Å². The zero-order valence-corrected chi connectivity index (χ0v) is 23.3. The fourth-order valence-corrected chi connectivity index (χ4v) is 5.28. The van der Waals surface area contributed by atoms with Crippen LogP contribution in [0.3, 0.4) is 0 Å². The number of oxime groups is 1. The first-order chi connectivity index (χ1) is 18.3. The highest BCUT2D eigenvalue weighted by molar-refractivity contribution is 8.00. The minimum absolute atomic E-state index is 0.0246. The first-order valence-electron chi connectivity index (χ1n) is 11.5. The Kier molecular flexibility index (Phi) is 9.39. The summed E-state index contributed by atoms with van der Waals surface area (Å²) < 4.78 is 15.6. The van der Waals surface area contributed by atoms with E-state index in [4.69, 9.17) is 19.9 Å². The average Bonchev–Trinajstić information content (AvgIpc) is 3.30. The van der Waals surface area contributed by atoms with Crippen LogP contribution >= 0.6 is 23.1 Å². The molecule has 2 aliphatic rings. The Hall–Kier alpha value is -3.86. The first kappa shape index (κ1) is 29.7. The molecule has 3 atom stereocenters. The second kappa shape index (κ2) is 12.3. The van der Waals surface area contributed by atoms with Crippen molar-refractivity contribution in [1.29, 1.82) is 0 Å². The number of rotatable bonds is 9. The SMILES string of the molecule is CC(OC(=O)C1=C(COC(=O)N(C)C)CS[C@@H]2[C@H](NC(=O)/C(=N\O)c3csc(N)n3)C(=O)N12)OC(=O)C(C)C. The molecule has 0 aliphatic carbocycles. The number of hydrogen-bond acceptors (Lipinski definition) is 14. The molecule has 1 saturated heterocycles. The number of hydrogen-bond donors (Lipinski definition) is 3. The molecule has 3 heterocycles. The number of amides is 3. The Bertz CT molecular complexity index is 1230. The third-order valence-corrected chi connectivity index (χ3v) is 7.38. The van der Waals surface area contributed by atoms with Gasteiger partial charge in [-0.05, 0) is 0 Å². The van der Waals surface area contributed by atoms with Crippen LogP contribution in [0.2, 0.25) is 0 Å². The molecular formula is C22H28N6O9S2. The van der Waals surface area contributed by atoms with E-state index in [9.17, 15) is 29.2 Å². The first-order valence-corrected chi connectivity index (χ1v) is 13.4. The minimum atomic E-state index is -1.26. The van der Waals surface area contributed by atoms with Gasteiger partial charge in [0.2, 0.25) is 6.29 Å². The van der Waals surface area contributed by atoms with Crippen molar-refractivity contribution >= 4 is 63.8 Å². The highest BCUT2D eigenvalue weighted by Crippen LogP contribution is 2.41. The summed E-state index contributed by atoms with van der Waals surface area (Å²) in [7, 11) is 2.97. The van der Waals surface area contributed by atoms with E-state index in [-0.39, 0.29) is 34.5 Å². The molecule has 2 aliphatic heterocycles. The summed E-state index contributed by atoms with van der Waals surface area (Å²) in [5.41, 5.74) is 5.26. The summed E-state index contributed by atoms with van der Waals surface area (Å²) in [4.78, 5) is 69.2. The monoisotopic (exact) mass is 584 g/mol. The molecule has 4 N–H and O–H groups in total. The van der Waals surface area contributed by atoms with Crippen molar-refractivity contribution < 1.29 is 43.4 Å². The molecule has 0 radical (unpaired) electrons. The van der Waals surface area contributed by atoms with E-state index >= 15 is 0 Å². The van der Waals surface area contributed by atoms with Crippen LogP contribution in [0, 0.1) is 5.92 Å². The Morgan fingerprint density at radius 1 is 1.28 bits per heavy atom. The van der Waals surface area contributed by atoms with Gasteiger partial charge in [0.05, 0.1) is 5.92 Å². The van der Waals surface area contributed by atoms with E-state index in [0.717, 1.165) is 16.2 Å². The van der Waals surface area contributed by atoms with Crippen LogP contribution in [0.4, 0.5) is 9.93 Å². The minimum Gasteiger partial charge on any atom is -0.445 e. The number of carbonyl (C=O) groups excluding carboxylic acids is 5. The van der Waals surface area contributed by atoms with Gasteiger partial charge in [0.1, 0.15) is 29.4 Å². The Morgan fingerprint density at radius 3 is 2.54 bits per heavy atom. The van der Waals surface area contributed by atoms with Gasteiger partial charge in [0, 0.05) is 37.7 Å². The number of carbonyl (C=O) groups is 5. The maximum absolute atomic E-state index is 13.2. The molecule has 0 aromatic carbocycles. The molecule has 15 nitrogen and oxygen atoms in total. The number of thiazole rings is 1. The molecule has 212 valence electrons. The molecule has 0 saturated carbocycles. The van der Waals surface area contributed by atoms with Crippen molar-refractivity contribution in [2.45, 2.75) is 38.5 Å². The lowest BCUT2D eigenvalue weighted by Crippen LogP contribution is -2.71. The van der Waals surface area contributed by atoms with Crippen LogP contribution in [-0.2, 0) is 33.4 Å². The molecule has 0 bridgehead atoms. The molecule has 1 unspecified atom stereocenters. The number of nitrogen functional groups attached to an aromatic ring is 1. The molecule has 3 rings (SSSR count). The van der Waals surface area contributed by atoms with Gasteiger partial charge in [-0.3, -0.25) is 19.3 Å². The highest BCUT2D eigenvalue weighted by atomic mass is 32.2. The number of esters is 2. The standard InChI is InChI=1S/C22H28N6O9S2/c1-9(2)19(31)36-10(3)37-20(32)15-11(6-35-22(33)27(4)5)7-38-18-14(17(30)28(15)18)25-16(29)13(26-34)12-8-39-21(23)24-12/h8-10,14,18,34H,6-7H2,1-5H3,(H2,23,24)(H,25,29)/b26-13-/t10?,14-,18-/m1/s1. The third-order valence-electron chi connectivity index (χ3n) is 5.37. The highest BCUT2D eigenvalue weighted by Gasteiger charge is 2.55. The van der Waals surface area contributed by atoms with Crippen molar-refractivity contribution in [2.75, 3.05) is 32.2 Å². The van der Waals surface area contributed by atoms with Gasteiger partial charge < -0.3 is 35.4 Å². The van der Waals surface area contributed by atoms with E-state index in [0.29, 0.717) is 0 Å². The van der Waals surface area contributed by atoms with E-state index < -0.39 is 59.2 Å². The third kappa shape index (κ3) is 6.59. The van der Waals surface area contributed by atoms with E-state index in [1.165, 1.54) is 43.1 Å². The van der Waals surface area contributed by atoms with Crippen molar-refractivity contribution in [3.05, 3.63) is 22.3 Å². The molecule has 1 aromatic rings. The molecule has 17 heteroatoms. The summed E-state index contributed by atoms with van der Waals surface area (Å²) in [6.45, 7) is 4.27. The van der Waals surface area contributed by atoms with Crippen LogP contribution in [0.15, 0.2) is 21.8 Å². The second-order valence-electron chi connectivity index (χ2n) is 8.85. The number of aromatic nitrogens is 1. The van der Waals surface area contributed by atoms with Gasteiger partial charge in [-0.1, -0.05) is 19.0 Å². The molecular weight excluding hydrogens is 556 g/mol. The van der Waals surface area contributed by atoms with Gasteiger partial charge in [-0.2, -0.15) is 0 Å². The zero-order chi connectivity index (χ0) is 29.0. The number of nitrogens with two attached hydrogens (primary N) is 1. The normalized spacial score (nSPS) is 19.6. The topological polar surface area (TPSA) is 203 Å². The van der Waals surface area contributed by atoms with Crippen molar-refractivity contribution in [1.82, 2.24) is 20.1 Å². The Labute approximate surface area is 231 Å². The summed E-state index contributed by atoms with van der Waals surface area (Å²) in [6, 6.07) is -1.08. The summed E-state index contributed by atoms with van der Waals surface area (Å²) >= 11 is 2.24. The van der Waals surface area contributed by atoms with Crippen LogP contribution in [0.25, 0.3) is 0 Å². The predicted molar refractivity (Wildman–Crippen MR) is 138 cm³/mol. The molecule has 1 fully saturated rings. The molecule has 39 heavy (non-hydrogen) atoms. The maximum atomic E-state index is 13.2. The van der Waals surface area contributed by atoms with Crippen molar-refractivity contribution in [3.63, 3.8) is 0 Å². The van der Waals surface area contributed by atoms with E-state index in [1.54, 1.807) is 13.8 Å². The van der Waals surface area contributed by atoms with Gasteiger partial charge in [0.15, 0.2) is 10.8 Å². The van der Waals surface area contributed by atoms with Crippen LogP contribution in [-0.4, -0.2) is 99.7 Å². The fraction of sp³-hybridized carbons (Fsp3) is 0.500. The molecule has 0 spiro atoms. The molecule has 1 aromatic heterocycles. The van der Waals surface area contributed by atoms with E-state index in [1.807, 2.05) is 0 Å². The lowest BCUT2D eigenvalue weighted by Gasteiger charge is -2.49. The summed E-state index contributed by atoms with van der Waals surface area (Å²) in [5, 5.41) is 15.6. The lowest BCUT2D eigenvalue weighted by molar-refractivity contribution is -0.186. The number of ether oxygens (including phenoxy) is 3. The van der Waals surface area contributed by atoms with Crippen LogP contribution < -0.4 is 11.1 Å². The number of nitrogens with one attached hydrogen (secondary N) is 1. The zero-order valence-electron chi connectivity index (χ0n) is 21.7. The van der Waals surface area contributed by atoms with E-state index in [2.05, 4.69) is 15.5 Å². The van der Waals surface area contributed by atoms with Crippen LogP contribution in [0.1, 0.15) is 26.5 Å². The van der Waals surface area contributed by atoms with Gasteiger partial charge >= 0.3 is 18.0 Å². The fourth-order valence-electron chi connectivity index (χ4n) is 3.41. The Morgan fingerprint density at radius 2 is 1.97 bits per heavy atom. The smallest absolute Gasteiger partial charge is 0.409 e. The second-order valence-corrected chi connectivity index (χ2v) is 10.8. The average molecular weight is 585 g/mol.